The van der Waals surface area contributed by atoms with Crippen LogP contribution in [0.4, 0.5) is 0 Å². The minimum atomic E-state index is 0.595. The lowest BCUT2D eigenvalue weighted by atomic mass is 9.51. The predicted octanol–water partition coefficient (Wildman–Crippen LogP) is 4.20. The lowest BCUT2D eigenvalue weighted by Gasteiger charge is -2.56. The Hall–Kier alpha value is -1.96. The summed E-state index contributed by atoms with van der Waals surface area (Å²) in [5.41, 5.74) is 5.46. The molecule has 2 unspecified atom stereocenters. The van der Waals surface area contributed by atoms with E-state index >= 15 is 0 Å². The summed E-state index contributed by atoms with van der Waals surface area (Å²) in [6.45, 7) is 6.02. The molecule has 2 nitrogen and oxygen atoms in total. The summed E-state index contributed by atoms with van der Waals surface area (Å²) < 4.78 is 12.0. The second-order valence-electron chi connectivity index (χ2n) is 7.08. The van der Waals surface area contributed by atoms with Crippen molar-refractivity contribution in [3.8, 4) is 11.5 Å². The molecule has 3 aliphatic rings. The van der Waals surface area contributed by atoms with Gasteiger partial charge < -0.3 is 9.47 Å². The van der Waals surface area contributed by atoms with Gasteiger partial charge in [-0.15, -0.1) is 0 Å². The molecule has 112 valence electrons. The number of ether oxygens (including phenoxy) is 2. The molecule has 22 heavy (non-hydrogen) atoms. The third kappa shape index (κ3) is 1.55. The van der Waals surface area contributed by atoms with Crippen LogP contribution in [0.2, 0.25) is 0 Å². The fraction of sp³-hybridized carbons (Fsp3) is 0.400. The Morgan fingerprint density at radius 1 is 0.727 bits per heavy atom. The van der Waals surface area contributed by atoms with Crippen molar-refractivity contribution in [3.63, 3.8) is 0 Å². The Balaban J connectivity index is 1.64. The molecular weight excluding hydrogens is 272 g/mol. The highest BCUT2D eigenvalue weighted by Crippen LogP contribution is 2.64. The van der Waals surface area contributed by atoms with E-state index in [-0.39, 0.29) is 0 Å². The molecule has 5 rings (SSSR count). The molecule has 0 N–H and O–H groups in total. The van der Waals surface area contributed by atoms with E-state index in [9.17, 15) is 0 Å². The highest BCUT2D eigenvalue weighted by atomic mass is 16.5. The van der Waals surface area contributed by atoms with Gasteiger partial charge in [-0.05, 0) is 37.1 Å². The van der Waals surface area contributed by atoms with Gasteiger partial charge in [0.2, 0.25) is 0 Å². The number of rotatable bonds is 0. The van der Waals surface area contributed by atoms with E-state index in [1.165, 1.54) is 22.3 Å². The van der Waals surface area contributed by atoms with Crippen LogP contribution in [-0.4, -0.2) is 13.2 Å². The first kappa shape index (κ1) is 12.6. The van der Waals surface area contributed by atoms with Gasteiger partial charge >= 0.3 is 0 Å². The average molecular weight is 292 g/mol. The molecular formula is C20H20O2. The molecule has 2 heterocycles. The largest absolute Gasteiger partial charge is 0.493 e. The minimum Gasteiger partial charge on any atom is -0.493 e. The van der Waals surface area contributed by atoms with Gasteiger partial charge in [0.1, 0.15) is 11.5 Å². The van der Waals surface area contributed by atoms with Crippen LogP contribution in [0, 0.1) is 25.7 Å². The summed E-state index contributed by atoms with van der Waals surface area (Å²) in [4.78, 5) is 0. The Labute approximate surface area is 131 Å². The van der Waals surface area contributed by atoms with Gasteiger partial charge in [-0.3, -0.25) is 0 Å². The first-order valence-electron chi connectivity index (χ1n) is 8.19. The zero-order chi connectivity index (χ0) is 14.8. The quantitative estimate of drug-likeness (QED) is 0.724. The predicted molar refractivity (Wildman–Crippen MR) is 85.8 cm³/mol. The van der Waals surface area contributed by atoms with Gasteiger partial charge in [-0.2, -0.15) is 0 Å². The van der Waals surface area contributed by atoms with Crippen LogP contribution in [0.15, 0.2) is 36.4 Å². The molecule has 0 saturated heterocycles. The Morgan fingerprint density at radius 3 is 1.64 bits per heavy atom. The molecule has 0 bridgehead atoms. The van der Waals surface area contributed by atoms with Crippen molar-refractivity contribution in [1.82, 2.24) is 0 Å². The molecule has 4 atom stereocenters. The standard InChI is InChI=1S/C20H20O2/c1-11-3-5-17-13(7-11)19-15(9-21-17)16-10-22-18-6-4-12(2)8-14(18)20(16)19/h3-8,15-16,19-20H,9-10H2,1-2H3/t15-,16?,19-,20?/m1/s1. The van der Waals surface area contributed by atoms with Crippen molar-refractivity contribution >= 4 is 0 Å². The first-order chi connectivity index (χ1) is 10.7. The van der Waals surface area contributed by atoms with Gasteiger partial charge in [-0.25, -0.2) is 0 Å². The SMILES string of the molecule is Cc1ccc2c(c1)C1C(CO2)[C@H]2COc3ccc(C)cc3[C@@H]12. The number of benzene rings is 2. The lowest BCUT2D eigenvalue weighted by Crippen LogP contribution is -2.52. The van der Waals surface area contributed by atoms with Crippen LogP contribution < -0.4 is 9.47 Å². The number of hydrogen-bond acceptors (Lipinski definition) is 2. The van der Waals surface area contributed by atoms with Crippen LogP contribution >= 0.6 is 0 Å². The maximum absolute atomic E-state index is 6.02. The van der Waals surface area contributed by atoms with Crippen molar-refractivity contribution in [2.45, 2.75) is 25.7 Å². The van der Waals surface area contributed by atoms with Gasteiger partial charge in [0.05, 0.1) is 13.2 Å². The summed E-state index contributed by atoms with van der Waals surface area (Å²) in [6, 6.07) is 13.2. The molecule has 0 aromatic heterocycles. The monoisotopic (exact) mass is 292 g/mol. The van der Waals surface area contributed by atoms with Gasteiger partial charge in [0.15, 0.2) is 0 Å². The normalized spacial score (nSPS) is 30.6. The highest BCUT2D eigenvalue weighted by Gasteiger charge is 2.56. The molecule has 1 saturated carbocycles. The molecule has 2 heteroatoms. The first-order valence-corrected chi connectivity index (χ1v) is 8.19. The average Bonchev–Trinajstić information content (AvgIpc) is 2.49. The molecule has 1 aliphatic carbocycles. The second-order valence-corrected chi connectivity index (χ2v) is 7.08. The third-order valence-electron chi connectivity index (χ3n) is 5.77. The summed E-state index contributed by atoms with van der Waals surface area (Å²) in [7, 11) is 0. The number of hydrogen-bond donors (Lipinski definition) is 0. The topological polar surface area (TPSA) is 18.5 Å². The van der Waals surface area contributed by atoms with Crippen molar-refractivity contribution in [1.29, 1.82) is 0 Å². The summed E-state index contributed by atoms with van der Waals surface area (Å²) in [6.07, 6.45) is 0. The fourth-order valence-corrected chi connectivity index (χ4v) is 4.71. The molecule has 2 aliphatic heterocycles. The van der Waals surface area contributed by atoms with Crippen molar-refractivity contribution in [2.24, 2.45) is 11.8 Å². The van der Waals surface area contributed by atoms with E-state index in [1.807, 2.05) is 0 Å². The van der Waals surface area contributed by atoms with Crippen LogP contribution in [0.5, 0.6) is 11.5 Å². The Kier molecular flexibility index (Phi) is 2.45. The van der Waals surface area contributed by atoms with Crippen LogP contribution in [0.3, 0.4) is 0 Å². The molecule has 2 aromatic rings. The third-order valence-corrected chi connectivity index (χ3v) is 5.77. The van der Waals surface area contributed by atoms with Gasteiger partial charge in [0.25, 0.3) is 0 Å². The smallest absolute Gasteiger partial charge is 0.122 e. The number of fused-ring (bicyclic) bond motifs is 8. The lowest BCUT2D eigenvalue weighted by molar-refractivity contribution is -0.0198. The summed E-state index contributed by atoms with van der Waals surface area (Å²) >= 11 is 0. The van der Waals surface area contributed by atoms with E-state index in [4.69, 9.17) is 9.47 Å². The second kappa shape index (κ2) is 4.28. The van der Waals surface area contributed by atoms with Crippen molar-refractivity contribution in [2.75, 3.05) is 13.2 Å². The van der Waals surface area contributed by atoms with Crippen molar-refractivity contribution in [3.05, 3.63) is 58.7 Å². The summed E-state index contributed by atoms with van der Waals surface area (Å²) in [5.74, 6) is 4.58. The van der Waals surface area contributed by atoms with E-state index in [2.05, 4.69) is 50.2 Å². The minimum absolute atomic E-state index is 0.595. The molecule has 2 aromatic carbocycles. The Morgan fingerprint density at radius 2 is 1.18 bits per heavy atom. The van der Waals surface area contributed by atoms with Gasteiger partial charge in [0, 0.05) is 23.7 Å². The van der Waals surface area contributed by atoms with Gasteiger partial charge in [-0.1, -0.05) is 35.4 Å². The van der Waals surface area contributed by atoms with Crippen molar-refractivity contribution < 1.29 is 9.47 Å². The number of aryl methyl sites for hydroxylation is 2. The fourth-order valence-electron chi connectivity index (χ4n) is 4.71. The Bertz CT molecular complexity index is 699. The van der Waals surface area contributed by atoms with E-state index in [0.717, 1.165) is 24.7 Å². The van der Waals surface area contributed by atoms with Crippen LogP contribution in [0.1, 0.15) is 34.1 Å². The highest BCUT2D eigenvalue weighted by molar-refractivity contribution is 5.51. The van der Waals surface area contributed by atoms with Crippen LogP contribution in [-0.2, 0) is 0 Å². The summed E-state index contributed by atoms with van der Waals surface area (Å²) in [5, 5.41) is 0. The zero-order valence-corrected chi connectivity index (χ0v) is 13.0. The molecule has 0 spiro atoms. The van der Waals surface area contributed by atoms with Crippen LogP contribution in [0.25, 0.3) is 0 Å². The molecule has 0 amide bonds. The van der Waals surface area contributed by atoms with E-state index in [0.29, 0.717) is 23.7 Å². The maximum Gasteiger partial charge on any atom is 0.122 e. The molecule has 1 fully saturated rings. The zero-order valence-electron chi connectivity index (χ0n) is 13.0. The molecule has 0 radical (unpaired) electrons. The van der Waals surface area contributed by atoms with E-state index in [1.54, 1.807) is 0 Å². The van der Waals surface area contributed by atoms with E-state index < -0.39 is 0 Å². The maximum atomic E-state index is 6.02.